The summed E-state index contributed by atoms with van der Waals surface area (Å²) in [5.41, 5.74) is 4.74. The molecule has 182 valence electrons. The molecule has 0 aromatic heterocycles. The van der Waals surface area contributed by atoms with Crippen molar-refractivity contribution < 1.29 is 19.1 Å². The minimum absolute atomic E-state index is 0.0810. The van der Waals surface area contributed by atoms with E-state index in [1.807, 2.05) is 12.1 Å². The van der Waals surface area contributed by atoms with Crippen LogP contribution in [0.4, 0.5) is 16.2 Å². The van der Waals surface area contributed by atoms with E-state index < -0.39 is 17.1 Å². The van der Waals surface area contributed by atoms with Crippen LogP contribution in [0.1, 0.15) is 38.8 Å². The van der Waals surface area contributed by atoms with Gasteiger partial charge in [-0.25, -0.2) is 0 Å². The second-order valence-corrected chi connectivity index (χ2v) is 10.0. The molecule has 0 radical (unpaired) electrons. The van der Waals surface area contributed by atoms with E-state index in [4.69, 9.17) is 4.74 Å². The van der Waals surface area contributed by atoms with E-state index in [1.165, 1.54) is 5.57 Å². The van der Waals surface area contributed by atoms with E-state index in [0.29, 0.717) is 16.3 Å². The van der Waals surface area contributed by atoms with Crippen molar-refractivity contribution in [1.29, 1.82) is 0 Å². The van der Waals surface area contributed by atoms with Crippen LogP contribution in [0.25, 0.3) is 11.6 Å². The summed E-state index contributed by atoms with van der Waals surface area (Å²) in [5.74, 6) is -0.250. The van der Waals surface area contributed by atoms with Crippen molar-refractivity contribution in [2.45, 2.75) is 33.2 Å². The molecule has 4 rings (SSSR count). The highest BCUT2D eigenvalue weighted by Gasteiger charge is 2.36. The molecule has 2 heterocycles. The summed E-state index contributed by atoms with van der Waals surface area (Å²) in [6.07, 6.45) is 3.97. The lowest BCUT2D eigenvalue weighted by Gasteiger charge is -2.42. The Hall–Kier alpha value is -3.52. The number of amides is 3. The summed E-state index contributed by atoms with van der Waals surface area (Å²) >= 11 is 0.850. The minimum atomic E-state index is -0.466. The fourth-order valence-corrected chi connectivity index (χ4v) is 5.41. The zero-order valence-electron chi connectivity index (χ0n) is 20.5. The SMILES string of the molecule is CCN1c2ccc(/C=C3/SC(=O)N(CC(=O)Nc4ccc(OC)cc4)C3=O)cc2C(C)=CC1(C)C. The number of nitrogens with zero attached hydrogens (tertiary/aromatic N) is 2. The zero-order chi connectivity index (χ0) is 25.3. The van der Waals surface area contributed by atoms with Gasteiger partial charge in [-0.05, 0) is 93.1 Å². The van der Waals surface area contributed by atoms with Crippen LogP contribution in [0.15, 0.2) is 53.4 Å². The molecule has 3 amide bonds. The quantitative estimate of drug-likeness (QED) is 0.546. The van der Waals surface area contributed by atoms with Gasteiger partial charge >= 0.3 is 0 Å². The van der Waals surface area contributed by atoms with Crippen molar-refractivity contribution in [1.82, 2.24) is 4.90 Å². The van der Waals surface area contributed by atoms with Gasteiger partial charge in [0.05, 0.1) is 17.6 Å². The van der Waals surface area contributed by atoms with Crippen molar-refractivity contribution in [3.05, 3.63) is 64.6 Å². The average molecular weight is 492 g/mol. The Morgan fingerprint density at radius 1 is 1.14 bits per heavy atom. The number of benzene rings is 2. The zero-order valence-corrected chi connectivity index (χ0v) is 21.4. The number of fused-ring (bicyclic) bond motifs is 1. The molecule has 2 aliphatic rings. The molecule has 35 heavy (non-hydrogen) atoms. The van der Waals surface area contributed by atoms with Crippen molar-refractivity contribution in [2.24, 2.45) is 0 Å². The Bertz CT molecular complexity index is 1250. The summed E-state index contributed by atoms with van der Waals surface area (Å²) in [5, 5.41) is 2.24. The van der Waals surface area contributed by atoms with Crippen LogP contribution in [-0.2, 0) is 9.59 Å². The molecule has 7 nitrogen and oxygen atoms in total. The third-order valence-electron chi connectivity index (χ3n) is 6.16. The van der Waals surface area contributed by atoms with Gasteiger partial charge in [0, 0.05) is 23.5 Å². The second kappa shape index (κ2) is 9.62. The molecule has 0 aliphatic carbocycles. The lowest BCUT2D eigenvalue weighted by atomic mass is 9.88. The van der Waals surface area contributed by atoms with Crippen LogP contribution in [0, 0.1) is 0 Å². The lowest BCUT2D eigenvalue weighted by Crippen LogP contribution is -2.44. The van der Waals surface area contributed by atoms with E-state index in [9.17, 15) is 14.4 Å². The molecule has 0 bridgehead atoms. The van der Waals surface area contributed by atoms with Gasteiger partial charge in [0.15, 0.2) is 0 Å². The first-order chi connectivity index (χ1) is 16.6. The van der Waals surface area contributed by atoms with E-state index in [1.54, 1.807) is 37.5 Å². The number of methoxy groups -OCH3 is 1. The van der Waals surface area contributed by atoms with Crippen LogP contribution in [0.2, 0.25) is 0 Å². The third kappa shape index (κ3) is 4.98. The van der Waals surface area contributed by atoms with Gasteiger partial charge < -0.3 is 15.0 Å². The number of carbonyl (C=O) groups excluding carboxylic acids is 3. The van der Waals surface area contributed by atoms with Gasteiger partial charge in [-0.15, -0.1) is 0 Å². The maximum Gasteiger partial charge on any atom is 0.294 e. The average Bonchev–Trinajstić information content (AvgIpc) is 3.07. The van der Waals surface area contributed by atoms with E-state index >= 15 is 0 Å². The van der Waals surface area contributed by atoms with Crippen molar-refractivity contribution in [2.75, 3.05) is 30.4 Å². The molecule has 2 aliphatic heterocycles. The van der Waals surface area contributed by atoms with Crippen LogP contribution < -0.4 is 15.0 Å². The minimum Gasteiger partial charge on any atom is -0.497 e. The summed E-state index contributed by atoms with van der Waals surface area (Å²) < 4.78 is 5.10. The van der Waals surface area contributed by atoms with Crippen LogP contribution >= 0.6 is 11.8 Å². The van der Waals surface area contributed by atoms with Crippen LogP contribution in [-0.4, -0.2) is 47.7 Å². The summed E-state index contributed by atoms with van der Waals surface area (Å²) in [4.78, 5) is 41.5. The Morgan fingerprint density at radius 3 is 2.51 bits per heavy atom. The smallest absolute Gasteiger partial charge is 0.294 e. The first-order valence-corrected chi connectivity index (χ1v) is 12.3. The van der Waals surface area contributed by atoms with Gasteiger partial charge in [0.1, 0.15) is 12.3 Å². The normalized spacial score (nSPS) is 18.0. The second-order valence-electron chi connectivity index (χ2n) is 9.05. The standard InChI is InChI=1S/C27H29N3O4S/c1-6-30-22-12-7-18(13-21(22)17(2)15-27(30,3)4)14-23-25(32)29(26(33)35-23)16-24(31)28-19-8-10-20(34-5)11-9-19/h7-15H,6,16H2,1-5H3,(H,28,31)/b23-14+. The molecular weight excluding hydrogens is 462 g/mol. The maximum atomic E-state index is 12.9. The number of hydrogen-bond acceptors (Lipinski definition) is 6. The Morgan fingerprint density at radius 2 is 1.86 bits per heavy atom. The number of anilines is 2. The van der Waals surface area contributed by atoms with Crippen molar-refractivity contribution in [3.8, 4) is 5.75 Å². The first-order valence-electron chi connectivity index (χ1n) is 11.4. The number of likely N-dealkylation sites (N-methyl/N-ethyl adjacent to an activating group) is 1. The lowest BCUT2D eigenvalue weighted by molar-refractivity contribution is -0.127. The number of ether oxygens (including phenoxy) is 1. The van der Waals surface area contributed by atoms with Gasteiger partial charge in [0.2, 0.25) is 5.91 Å². The predicted octanol–water partition coefficient (Wildman–Crippen LogP) is 5.39. The molecule has 0 unspecified atom stereocenters. The van der Waals surface area contributed by atoms with Gasteiger partial charge in [-0.2, -0.15) is 0 Å². The van der Waals surface area contributed by atoms with E-state index in [0.717, 1.165) is 40.0 Å². The van der Waals surface area contributed by atoms with Gasteiger partial charge in [-0.1, -0.05) is 12.1 Å². The Balaban J connectivity index is 1.50. The Kier molecular flexibility index (Phi) is 6.76. The summed E-state index contributed by atoms with van der Waals surface area (Å²) in [6, 6.07) is 12.9. The predicted molar refractivity (Wildman–Crippen MR) is 141 cm³/mol. The molecule has 0 spiro atoms. The Labute approximate surface area is 209 Å². The number of nitrogens with one attached hydrogen (secondary N) is 1. The molecular formula is C27H29N3O4S. The maximum absolute atomic E-state index is 12.9. The number of hydrogen-bond donors (Lipinski definition) is 1. The van der Waals surface area contributed by atoms with E-state index in [-0.39, 0.29) is 12.1 Å². The first kappa shape index (κ1) is 24.6. The largest absolute Gasteiger partial charge is 0.497 e. The number of imide groups is 1. The van der Waals surface area contributed by atoms with Crippen molar-refractivity contribution >= 4 is 51.8 Å². The number of allylic oxidation sites excluding steroid dienone is 1. The van der Waals surface area contributed by atoms with Gasteiger partial charge in [-0.3, -0.25) is 19.3 Å². The van der Waals surface area contributed by atoms with Crippen LogP contribution in [0.5, 0.6) is 5.75 Å². The summed E-state index contributed by atoms with van der Waals surface area (Å²) in [7, 11) is 1.56. The topological polar surface area (TPSA) is 79.0 Å². The highest BCUT2D eigenvalue weighted by molar-refractivity contribution is 8.18. The number of carbonyl (C=O) groups is 3. The molecule has 8 heteroatoms. The van der Waals surface area contributed by atoms with Crippen molar-refractivity contribution in [3.63, 3.8) is 0 Å². The highest BCUT2D eigenvalue weighted by Crippen LogP contribution is 2.40. The van der Waals surface area contributed by atoms with Crippen LogP contribution in [0.3, 0.4) is 0 Å². The molecule has 0 saturated carbocycles. The fourth-order valence-electron chi connectivity index (χ4n) is 4.57. The van der Waals surface area contributed by atoms with E-state index in [2.05, 4.69) is 50.1 Å². The highest BCUT2D eigenvalue weighted by atomic mass is 32.2. The monoisotopic (exact) mass is 491 g/mol. The third-order valence-corrected chi connectivity index (χ3v) is 7.07. The molecule has 0 atom stereocenters. The fraction of sp³-hybridized carbons (Fsp3) is 0.296. The number of rotatable bonds is 6. The molecule has 2 aromatic rings. The van der Waals surface area contributed by atoms with Gasteiger partial charge in [0.25, 0.3) is 11.1 Å². The molecule has 2 aromatic carbocycles. The summed E-state index contributed by atoms with van der Waals surface area (Å²) in [6.45, 7) is 9.14. The molecule has 1 fully saturated rings. The number of thioether (sulfide) groups is 1. The molecule has 1 saturated heterocycles. The molecule has 1 N–H and O–H groups in total.